The van der Waals surface area contributed by atoms with E-state index < -0.39 is 52.9 Å². The Morgan fingerprint density at radius 1 is 1.32 bits per heavy atom. The van der Waals surface area contributed by atoms with Gasteiger partial charge in [-0.05, 0) is 40.1 Å². The van der Waals surface area contributed by atoms with E-state index in [0.29, 0.717) is 0 Å². The number of carbonyl (C=O) groups is 4. The molecule has 0 aromatic carbocycles. The fraction of sp³-hybridized carbons (Fsp3) is 0.556. The minimum Gasteiger partial charge on any atom is -0.478 e. The summed E-state index contributed by atoms with van der Waals surface area (Å²) in [5.41, 5.74) is 5.43. The average molecular weight is 497 g/mol. The number of oxime groups is 1. The van der Waals surface area contributed by atoms with E-state index in [2.05, 4.69) is 36.1 Å². The first-order valence-corrected chi connectivity index (χ1v) is 10.7. The summed E-state index contributed by atoms with van der Waals surface area (Å²) < 4.78 is 5.15. The van der Waals surface area contributed by atoms with Crippen LogP contribution in [0.2, 0.25) is 0 Å². The molecule has 0 radical (unpaired) electrons. The Morgan fingerprint density at radius 2 is 2.00 bits per heavy atom. The number of aromatic nitrogens is 1. The molecule has 0 saturated carbocycles. The van der Waals surface area contributed by atoms with Crippen molar-refractivity contribution in [2.75, 3.05) is 11.9 Å². The van der Waals surface area contributed by atoms with Gasteiger partial charge in [0.05, 0.1) is 6.04 Å². The fourth-order valence-corrected chi connectivity index (χ4v) is 3.01. The SMILES string of the molecule is CC(C)(C)OC(=O)Nc1nc(C(=NOC(C)(C)C(=O)O)C(=O)N[C@@H]2C(=O)N[C@@H]2CN=[N+]=[N-])cs1. The van der Waals surface area contributed by atoms with Crippen LogP contribution in [0.3, 0.4) is 0 Å². The van der Waals surface area contributed by atoms with Crippen LogP contribution in [0, 0.1) is 0 Å². The highest BCUT2D eigenvalue weighted by Crippen LogP contribution is 2.19. The summed E-state index contributed by atoms with van der Waals surface area (Å²) in [5, 5.41) is 25.1. The van der Waals surface area contributed by atoms with Crippen molar-refractivity contribution in [3.05, 3.63) is 21.5 Å². The second kappa shape index (κ2) is 10.4. The minimum absolute atomic E-state index is 0.0546. The van der Waals surface area contributed by atoms with Gasteiger partial charge < -0.3 is 25.3 Å². The summed E-state index contributed by atoms with van der Waals surface area (Å²) in [4.78, 5) is 59.9. The number of β-lactam (4-membered cyclic amide) rings is 1. The zero-order chi connectivity index (χ0) is 25.7. The molecule has 2 rings (SSSR count). The molecule has 15 nitrogen and oxygen atoms in total. The van der Waals surface area contributed by atoms with Gasteiger partial charge >= 0.3 is 12.1 Å². The Balaban J connectivity index is 2.26. The summed E-state index contributed by atoms with van der Waals surface area (Å²) >= 11 is 0.950. The van der Waals surface area contributed by atoms with E-state index in [1.54, 1.807) is 20.8 Å². The second-order valence-corrected chi connectivity index (χ2v) is 9.35. The van der Waals surface area contributed by atoms with Crippen LogP contribution in [-0.2, 0) is 24.0 Å². The molecule has 3 amide bonds. The predicted octanol–water partition coefficient (Wildman–Crippen LogP) is 1.37. The molecule has 2 atom stereocenters. The van der Waals surface area contributed by atoms with Crippen LogP contribution in [0.5, 0.6) is 0 Å². The van der Waals surface area contributed by atoms with Crippen molar-refractivity contribution in [2.24, 2.45) is 10.3 Å². The van der Waals surface area contributed by atoms with Crippen LogP contribution in [0.4, 0.5) is 9.93 Å². The molecule has 1 aromatic heterocycles. The molecule has 0 aliphatic carbocycles. The number of thiazole rings is 1. The molecule has 1 aromatic rings. The summed E-state index contributed by atoms with van der Waals surface area (Å²) in [6, 6.07) is -1.65. The molecule has 2 heterocycles. The molecule has 1 fully saturated rings. The summed E-state index contributed by atoms with van der Waals surface area (Å²) in [6.07, 6.45) is -0.772. The average Bonchev–Trinajstić information content (AvgIpc) is 3.15. The van der Waals surface area contributed by atoms with Gasteiger partial charge in [-0.3, -0.25) is 14.9 Å². The number of hydrogen-bond donors (Lipinski definition) is 4. The summed E-state index contributed by atoms with van der Waals surface area (Å²) in [5.74, 6) is -2.75. The molecule has 0 spiro atoms. The fourth-order valence-electron chi connectivity index (χ4n) is 2.33. The molecular formula is C18H24N8O7S. The maximum Gasteiger partial charge on any atom is 0.413 e. The monoisotopic (exact) mass is 496 g/mol. The van der Waals surface area contributed by atoms with Crippen LogP contribution in [0.25, 0.3) is 10.4 Å². The quantitative estimate of drug-likeness (QED) is 0.0974. The lowest BCUT2D eigenvalue weighted by Gasteiger charge is -2.36. The molecular weight excluding hydrogens is 472 g/mol. The van der Waals surface area contributed by atoms with Crippen LogP contribution >= 0.6 is 11.3 Å². The zero-order valence-corrected chi connectivity index (χ0v) is 19.8. The molecule has 0 unspecified atom stereocenters. The van der Waals surface area contributed by atoms with Crippen molar-refractivity contribution >= 4 is 46.1 Å². The molecule has 184 valence electrons. The highest BCUT2D eigenvalue weighted by Gasteiger charge is 2.41. The van der Waals surface area contributed by atoms with Crippen LogP contribution in [-0.4, -0.2) is 69.5 Å². The molecule has 1 saturated heterocycles. The predicted molar refractivity (Wildman–Crippen MR) is 119 cm³/mol. The number of anilines is 1. The highest BCUT2D eigenvalue weighted by atomic mass is 32.1. The maximum atomic E-state index is 12.9. The lowest BCUT2D eigenvalue weighted by atomic mass is 9.99. The third-order valence-electron chi connectivity index (χ3n) is 4.09. The number of aliphatic carboxylic acids is 1. The molecule has 34 heavy (non-hydrogen) atoms. The highest BCUT2D eigenvalue weighted by molar-refractivity contribution is 7.14. The number of carboxylic acids is 1. The topological polar surface area (TPSA) is 217 Å². The largest absolute Gasteiger partial charge is 0.478 e. The Kier molecular flexibility index (Phi) is 8.02. The van der Waals surface area contributed by atoms with E-state index in [0.717, 1.165) is 11.3 Å². The maximum absolute atomic E-state index is 12.9. The smallest absolute Gasteiger partial charge is 0.413 e. The number of rotatable bonds is 9. The van der Waals surface area contributed by atoms with Gasteiger partial charge in [-0.15, -0.1) is 11.3 Å². The number of amides is 3. The van der Waals surface area contributed by atoms with Gasteiger partial charge in [0, 0.05) is 16.8 Å². The Bertz CT molecular complexity index is 1050. The van der Waals surface area contributed by atoms with Gasteiger partial charge in [0.15, 0.2) is 10.8 Å². The van der Waals surface area contributed by atoms with Crippen LogP contribution < -0.4 is 16.0 Å². The van der Waals surface area contributed by atoms with Crippen molar-refractivity contribution in [2.45, 2.75) is 57.9 Å². The normalized spacial score (nSPS) is 18.0. The number of hydrogen-bond acceptors (Lipinski definition) is 10. The van der Waals surface area contributed by atoms with Crippen molar-refractivity contribution in [1.29, 1.82) is 0 Å². The molecule has 1 aliphatic rings. The van der Waals surface area contributed by atoms with Gasteiger partial charge in [0.25, 0.3) is 5.91 Å². The van der Waals surface area contributed by atoms with Gasteiger partial charge in [-0.1, -0.05) is 10.3 Å². The number of carboxylic acid groups (broad SMARTS) is 1. The lowest BCUT2D eigenvalue weighted by molar-refractivity contribution is -0.161. The Hall–Kier alpha value is -3.91. The van der Waals surface area contributed by atoms with Gasteiger partial charge in [-0.25, -0.2) is 14.6 Å². The molecule has 16 heteroatoms. The summed E-state index contributed by atoms with van der Waals surface area (Å²) in [6.45, 7) is 7.40. The van der Waals surface area contributed by atoms with Gasteiger partial charge in [0.2, 0.25) is 11.5 Å². The molecule has 0 bridgehead atoms. The van der Waals surface area contributed by atoms with E-state index in [1.807, 2.05) is 0 Å². The molecule has 4 N–H and O–H groups in total. The first kappa shape index (κ1) is 26.3. The van der Waals surface area contributed by atoms with Crippen LogP contribution in [0.15, 0.2) is 15.7 Å². The number of azide groups is 1. The Labute approximate surface area is 197 Å². The van der Waals surface area contributed by atoms with Crippen LogP contribution in [0.1, 0.15) is 40.3 Å². The van der Waals surface area contributed by atoms with E-state index in [-0.39, 0.29) is 17.4 Å². The number of nitrogens with zero attached hydrogens (tertiary/aromatic N) is 5. The third kappa shape index (κ3) is 7.05. The standard InChI is InChI=1S/C18H24N8O7S/c1-17(2,3)32-16(31)24-15-22-9(7-34-15)11(25-33-18(4,5)14(29)30)13(28)23-10-8(6-20-26-19)21-12(10)27/h7-8,10H,6H2,1-5H3,(H,21,27)(H,23,28)(H,29,30)(H,22,24,31)/t8-,10+/m1/s1. The number of carbonyl (C=O) groups excluding carboxylic acids is 3. The van der Waals surface area contributed by atoms with E-state index in [4.69, 9.17) is 15.1 Å². The number of nitrogens with one attached hydrogen (secondary N) is 3. The third-order valence-corrected chi connectivity index (χ3v) is 4.85. The van der Waals surface area contributed by atoms with Crippen molar-refractivity contribution < 1.29 is 33.9 Å². The van der Waals surface area contributed by atoms with Crippen molar-refractivity contribution in [1.82, 2.24) is 15.6 Å². The van der Waals surface area contributed by atoms with E-state index in [1.165, 1.54) is 19.2 Å². The van der Waals surface area contributed by atoms with E-state index >= 15 is 0 Å². The first-order chi connectivity index (χ1) is 15.7. The zero-order valence-electron chi connectivity index (χ0n) is 19.0. The lowest BCUT2D eigenvalue weighted by Crippen LogP contribution is -2.70. The van der Waals surface area contributed by atoms with Crippen molar-refractivity contribution in [3.63, 3.8) is 0 Å². The number of ether oxygens (including phenoxy) is 1. The molecule has 1 aliphatic heterocycles. The first-order valence-electron chi connectivity index (χ1n) is 9.81. The minimum atomic E-state index is -1.78. The van der Waals surface area contributed by atoms with E-state index in [9.17, 15) is 24.3 Å². The second-order valence-electron chi connectivity index (χ2n) is 8.49. The summed E-state index contributed by atoms with van der Waals surface area (Å²) in [7, 11) is 0. The van der Waals surface area contributed by atoms with Crippen molar-refractivity contribution in [3.8, 4) is 0 Å². The Morgan fingerprint density at radius 3 is 2.56 bits per heavy atom. The van der Waals surface area contributed by atoms with Gasteiger partial charge in [-0.2, -0.15) is 0 Å². The van der Waals surface area contributed by atoms with Gasteiger partial charge in [0.1, 0.15) is 17.3 Å².